The Morgan fingerprint density at radius 3 is 2.65 bits per heavy atom. The minimum absolute atomic E-state index is 0.238. The first-order valence-electron chi connectivity index (χ1n) is 7.63. The van der Waals surface area contributed by atoms with Crippen LogP contribution in [0.4, 0.5) is 0 Å². The van der Waals surface area contributed by atoms with E-state index in [0.29, 0.717) is 13.0 Å². The Morgan fingerprint density at radius 2 is 2.04 bits per heavy atom. The van der Waals surface area contributed by atoms with Crippen LogP contribution in [0.3, 0.4) is 0 Å². The van der Waals surface area contributed by atoms with Gasteiger partial charge in [-0.15, -0.1) is 0 Å². The number of rotatable bonds is 9. The number of morpholine rings is 1. The van der Waals surface area contributed by atoms with Crippen LogP contribution in [0.25, 0.3) is 0 Å². The smallest absolute Gasteiger partial charge is 0.326 e. The van der Waals surface area contributed by atoms with Crippen molar-refractivity contribution in [3.8, 4) is 5.75 Å². The summed E-state index contributed by atoms with van der Waals surface area (Å²) < 4.78 is 11.0. The maximum absolute atomic E-state index is 11.0. The normalized spacial score (nSPS) is 16.5. The van der Waals surface area contributed by atoms with Gasteiger partial charge in [-0.2, -0.15) is 0 Å². The predicted octanol–water partition coefficient (Wildman–Crippen LogP) is 0.139. The van der Waals surface area contributed by atoms with Crippen LogP contribution >= 0.6 is 0 Å². The standard InChI is InChI=1S/C16H22N2O5/c19-12-17-15(16(20)21)11-13-1-3-14(4-2-13)23-10-7-18-5-8-22-9-6-18/h1-4,12,15H,5-11H2,(H,17,19)(H,20,21)/t15-/m0/s1. The van der Waals surface area contributed by atoms with Crippen molar-refractivity contribution in [2.24, 2.45) is 0 Å². The Bertz CT molecular complexity index is 500. The fourth-order valence-corrected chi connectivity index (χ4v) is 2.37. The fourth-order valence-electron chi connectivity index (χ4n) is 2.37. The monoisotopic (exact) mass is 322 g/mol. The molecule has 2 rings (SSSR count). The number of hydrogen-bond donors (Lipinski definition) is 2. The van der Waals surface area contributed by atoms with Gasteiger partial charge in [0.1, 0.15) is 18.4 Å². The highest BCUT2D eigenvalue weighted by Crippen LogP contribution is 2.13. The number of carboxylic acids is 1. The van der Waals surface area contributed by atoms with Crippen LogP contribution in [0.1, 0.15) is 5.56 Å². The van der Waals surface area contributed by atoms with Crippen LogP contribution in [0.5, 0.6) is 5.75 Å². The highest BCUT2D eigenvalue weighted by atomic mass is 16.5. The number of nitrogens with one attached hydrogen (secondary N) is 1. The van der Waals surface area contributed by atoms with Crippen LogP contribution in [0.2, 0.25) is 0 Å². The van der Waals surface area contributed by atoms with E-state index in [4.69, 9.17) is 14.6 Å². The highest BCUT2D eigenvalue weighted by Gasteiger charge is 2.16. The van der Waals surface area contributed by atoms with Crippen molar-refractivity contribution in [2.45, 2.75) is 12.5 Å². The van der Waals surface area contributed by atoms with Gasteiger partial charge >= 0.3 is 5.97 Å². The summed E-state index contributed by atoms with van der Waals surface area (Å²) in [5.41, 5.74) is 0.826. The molecule has 0 radical (unpaired) electrons. The summed E-state index contributed by atoms with van der Waals surface area (Å²) in [6, 6.07) is 6.34. The average molecular weight is 322 g/mol. The number of hydrogen-bond acceptors (Lipinski definition) is 5. The van der Waals surface area contributed by atoms with E-state index in [9.17, 15) is 9.59 Å². The minimum atomic E-state index is -1.05. The first kappa shape index (κ1) is 17.2. The summed E-state index contributed by atoms with van der Waals surface area (Å²) in [5.74, 6) is -0.305. The zero-order valence-corrected chi connectivity index (χ0v) is 12.9. The Kier molecular flexibility index (Phi) is 6.83. The first-order valence-corrected chi connectivity index (χ1v) is 7.63. The van der Waals surface area contributed by atoms with Gasteiger partial charge in [0.25, 0.3) is 0 Å². The zero-order valence-electron chi connectivity index (χ0n) is 12.9. The molecular weight excluding hydrogens is 300 g/mol. The molecule has 2 N–H and O–H groups in total. The second kappa shape index (κ2) is 9.12. The Hall–Kier alpha value is -2.12. The lowest BCUT2D eigenvalue weighted by Crippen LogP contribution is -2.38. The molecule has 7 nitrogen and oxygen atoms in total. The van der Waals surface area contributed by atoms with E-state index in [1.807, 2.05) is 24.3 Å². The van der Waals surface area contributed by atoms with Crippen molar-refractivity contribution < 1.29 is 24.2 Å². The van der Waals surface area contributed by atoms with Gasteiger partial charge in [-0.25, -0.2) is 4.79 Å². The second-order valence-electron chi connectivity index (χ2n) is 5.33. The number of carbonyl (C=O) groups is 2. The molecule has 7 heteroatoms. The van der Waals surface area contributed by atoms with Crippen molar-refractivity contribution in [3.63, 3.8) is 0 Å². The molecule has 0 bridgehead atoms. The van der Waals surface area contributed by atoms with Crippen LogP contribution in [-0.4, -0.2) is 67.9 Å². The lowest BCUT2D eigenvalue weighted by atomic mass is 10.1. The van der Waals surface area contributed by atoms with Gasteiger partial charge in [-0.1, -0.05) is 12.1 Å². The van der Waals surface area contributed by atoms with Gasteiger partial charge in [0, 0.05) is 26.1 Å². The molecular formula is C16H22N2O5. The Labute approximate surface area is 135 Å². The van der Waals surface area contributed by atoms with Crippen molar-refractivity contribution in [2.75, 3.05) is 39.5 Å². The minimum Gasteiger partial charge on any atom is -0.492 e. The van der Waals surface area contributed by atoms with Gasteiger partial charge in [0.05, 0.1) is 13.2 Å². The number of benzene rings is 1. The molecule has 1 aromatic carbocycles. The van der Waals surface area contributed by atoms with E-state index < -0.39 is 12.0 Å². The zero-order chi connectivity index (χ0) is 16.5. The predicted molar refractivity (Wildman–Crippen MR) is 83.5 cm³/mol. The van der Waals surface area contributed by atoms with Crippen molar-refractivity contribution in [1.29, 1.82) is 0 Å². The van der Waals surface area contributed by atoms with Crippen LogP contribution in [0, 0.1) is 0 Å². The van der Waals surface area contributed by atoms with E-state index >= 15 is 0 Å². The molecule has 1 fully saturated rings. The Balaban J connectivity index is 1.77. The third kappa shape index (κ3) is 5.88. The molecule has 0 saturated carbocycles. The molecule has 1 saturated heterocycles. The summed E-state index contributed by atoms with van der Waals surface area (Å²) in [6.07, 6.45) is 0.643. The summed E-state index contributed by atoms with van der Waals surface area (Å²) in [7, 11) is 0. The number of amides is 1. The van der Waals surface area contributed by atoms with Gasteiger partial charge in [-0.3, -0.25) is 9.69 Å². The maximum Gasteiger partial charge on any atom is 0.326 e. The largest absolute Gasteiger partial charge is 0.492 e. The van der Waals surface area contributed by atoms with Crippen molar-refractivity contribution in [1.82, 2.24) is 10.2 Å². The molecule has 1 aromatic rings. The maximum atomic E-state index is 11.0. The molecule has 1 heterocycles. The molecule has 1 aliphatic rings. The van der Waals surface area contributed by atoms with Crippen molar-refractivity contribution in [3.05, 3.63) is 29.8 Å². The summed E-state index contributed by atoms with van der Waals surface area (Å²) in [4.78, 5) is 23.7. The highest BCUT2D eigenvalue weighted by molar-refractivity contribution is 5.76. The number of carboxylic acid groups (broad SMARTS) is 1. The summed E-state index contributed by atoms with van der Waals surface area (Å²) >= 11 is 0. The average Bonchev–Trinajstić information content (AvgIpc) is 2.57. The van der Waals surface area contributed by atoms with E-state index in [1.165, 1.54) is 0 Å². The van der Waals surface area contributed by atoms with Gasteiger partial charge in [-0.05, 0) is 17.7 Å². The number of nitrogens with zero attached hydrogens (tertiary/aromatic N) is 1. The molecule has 1 atom stereocenters. The second-order valence-corrected chi connectivity index (χ2v) is 5.33. The number of ether oxygens (including phenoxy) is 2. The number of aliphatic carboxylic acids is 1. The molecule has 1 amide bonds. The van der Waals surface area contributed by atoms with E-state index in [-0.39, 0.29) is 6.42 Å². The molecule has 23 heavy (non-hydrogen) atoms. The van der Waals surface area contributed by atoms with Gasteiger partial charge in [0.2, 0.25) is 6.41 Å². The molecule has 0 spiro atoms. The summed E-state index contributed by atoms with van der Waals surface area (Å²) in [6.45, 7) is 4.87. The number of carbonyl (C=O) groups excluding carboxylic acids is 1. The van der Waals surface area contributed by atoms with Crippen LogP contribution in [-0.2, 0) is 20.7 Å². The van der Waals surface area contributed by atoms with E-state index in [0.717, 1.165) is 44.2 Å². The molecule has 1 aliphatic heterocycles. The van der Waals surface area contributed by atoms with Crippen molar-refractivity contribution >= 4 is 12.4 Å². The van der Waals surface area contributed by atoms with Gasteiger partial charge < -0.3 is 19.9 Å². The Morgan fingerprint density at radius 1 is 1.35 bits per heavy atom. The molecule has 0 aliphatic carbocycles. The van der Waals surface area contributed by atoms with E-state index in [1.54, 1.807) is 0 Å². The summed E-state index contributed by atoms with van der Waals surface area (Å²) in [5, 5.41) is 11.3. The lowest BCUT2D eigenvalue weighted by molar-refractivity contribution is -0.140. The molecule has 126 valence electrons. The third-order valence-corrected chi connectivity index (χ3v) is 3.71. The quantitative estimate of drug-likeness (QED) is 0.629. The van der Waals surface area contributed by atoms with E-state index in [2.05, 4.69) is 10.2 Å². The van der Waals surface area contributed by atoms with Crippen LogP contribution in [0.15, 0.2) is 24.3 Å². The SMILES string of the molecule is O=CN[C@@H](Cc1ccc(OCCN2CCOCC2)cc1)C(=O)O. The third-order valence-electron chi connectivity index (χ3n) is 3.71. The van der Waals surface area contributed by atoms with Crippen LogP contribution < -0.4 is 10.1 Å². The lowest BCUT2D eigenvalue weighted by Gasteiger charge is -2.26. The topological polar surface area (TPSA) is 88.1 Å². The molecule has 0 unspecified atom stereocenters. The molecule has 0 aromatic heterocycles. The van der Waals surface area contributed by atoms with Gasteiger partial charge in [0.15, 0.2) is 0 Å². The first-order chi connectivity index (χ1) is 11.2. The fraction of sp³-hybridized carbons (Fsp3) is 0.500.